The van der Waals surface area contributed by atoms with Crippen molar-refractivity contribution >= 4 is 11.8 Å². The number of nitrogens with one attached hydrogen (secondary N) is 1. The van der Waals surface area contributed by atoms with E-state index in [0.717, 1.165) is 12.0 Å². The van der Waals surface area contributed by atoms with E-state index in [1.165, 1.54) is 0 Å². The van der Waals surface area contributed by atoms with E-state index >= 15 is 0 Å². The van der Waals surface area contributed by atoms with Gasteiger partial charge in [0.25, 0.3) is 5.91 Å². The fourth-order valence-electron chi connectivity index (χ4n) is 2.20. The van der Waals surface area contributed by atoms with Crippen LogP contribution in [-0.4, -0.2) is 42.5 Å². The van der Waals surface area contributed by atoms with E-state index < -0.39 is 6.10 Å². The molecule has 1 aromatic rings. The summed E-state index contributed by atoms with van der Waals surface area (Å²) in [5, 5.41) is 2.83. The van der Waals surface area contributed by atoms with Crippen molar-refractivity contribution in [3.63, 3.8) is 0 Å². The van der Waals surface area contributed by atoms with Crippen molar-refractivity contribution in [2.24, 2.45) is 0 Å². The highest BCUT2D eigenvalue weighted by Gasteiger charge is 2.14. The van der Waals surface area contributed by atoms with E-state index in [9.17, 15) is 9.59 Å². The maximum Gasteiger partial charge on any atom is 0.253 e. The van der Waals surface area contributed by atoms with Crippen LogP contribution in [0, 0.1) is 0 Å². The highest BCUT2D eigenvalue weighted by atomic mass is 16.5. The van der Waals surface area contributed by atoms with Crippen LogP contribution in [0.25, 0.3) is 0 Å². The van der Waals surface area contributed by atoms with Gasteiger partial charge < -0.3 is 15.0 Å². The van der Waals surface area contributed by atoms with Gasteiger partial charge in [0.15, 0.2) is 0 Å². The minimum absolute atomic E-state index is 0.0276. The molecule has 0 heterocycles. The zero-order valence-electron chi connectivity index (χ0n) is 14.9. The molecule has 132 valence electrons. The number of hydrogen-bond donors (Lipinski definition) is 1. The summed E-state index contributed by atoms with van der Waals surface area (Å²) >= 11 is 0. The van der Waals surface area contributed by atoms with Gasteiger partial charge >= 0.3 is 0 Å². The van der Waals surface area contributed by atoms with Gasteiger partial charge in [-0.25, -0.2) is 0 Å². The normalized spacial score (nSPS) is 11.6. The van der Waals surface area contributed by atoms with Gasteiger partial charge in [-0.2, -0.15) is 0 Å². The number of rotatable bonds is 10. The second kappa shape index (κ2) is 10.6. The SMILES string of the molecule is C=CCCOC(C)C(=O)NCc1ccc(C(=O)N(CC)CC)cc1. The van der Waals surface area contributed by atoms with Crippen LogP contribution in [0.5, 0.6) is 0 Å². The van der Waals surface area contributed by atoms with Gasteiger partial charge in [0.05, 0.1) is 6.61 Å². The topological polar surface area (TPSA) is 58.6 Å². The second-order valence-electron chi connectivity index (χ2n) is 5.48. The van der Waals surface area contributed by atoms with Crippen LogP contribution in [0.2, 0.25) is 0 Å². The maximum atomic E-state index is 12.2. The number of amides is 2. The van der Waals surface area contributed by atoms with Crippen molar-refractivity contribution in [3.05, 3.63) is 48.0 Å². The lowest BCUT2D eigenvalue weighted by Crippen LogP contribution is -2.34. The minimum atomic E-state index is -0.492. The monoisotopic (exact) mass is 332 g/mol. The number of hydrogen-bond acceptors (Lipinski definition) is 3. The van der Waals surface area contributed by atoms with Crippen LogP contribution in [0.4, 0.5) is 0 Å². The van der Waals surface area contributed by atoms with Crippen LogP contribution in [0.15, 0.2) is 36.9 Å². The summed E-state index contributed by atoms with van der Waals surface area (Å²) in [6.07, 6.45) is 1.99. The largest absolute Gasteiger partial charge is 0.368 e. The van der Waals surface area contributed by atoms with Crippen LogP contribution in [-0.2, 0) is 16.1 Å². The molecule has 5 heteroatoms. The number of carbonyl (C=O) groups excluding carboxylic acids is 2. The molecule has 0 fully saturated rings. The smallest absolute Gasteiger partial charge is 0.253 e. The molecule has 0 aliphatic rings. The van der Waals surface area contributed by atoms with Gasteiger partial charge in [0, 0.05) is 25.2 Å². The molecule has 0 aliphatic heterocycles. The number of carbonyl (C=O) groups is 2. The number of ether oxygens (including phenoxy) is 1. The first kappa shape index (κ1) is 19.9. The van der Waals surface area contributed by atoms with E-state index in [4.69, 9.17) is 4.74 Å². The van der Waals surface area contributed by atoms with Crippen LogP contribution >= 0.6 is 0 Å². The Bertz CT molecular complexity index is 536. The third-order valence-corrected chi connectivity index (χ3v) is 3.78. The second-order valence-corrected chi connectivity index (χ2v) is 5.48. The Kier molecular flexibility index (Phi) is 8.79. The van der Waals surface area contributed by atoms with Gasteiger partial charge in [0.1, 0.15) is 6.10 Å². The average molecular weight is 332 g/mol. The summed E-state index contributed by atoms with van der Waals surface area (Å²) in [5.74, 6) is -0.123. The average Bonchev–Trinajstić information content (AvgIpc) is 2.61. The molecule has 0 aromatic heterocycles. The van der Waals surface area contributed by atoms with E-state index in [1.807, 2.05) is 26.0 Å². The van der Waals surface area contributed by atoms with Crippen molar-refractivity contribution in [1.29, 1.82) is 0 Å². The molecule has 0 spiro atoms. The van der Waals surface area contributed by atoms with Gasteiger partial charge in [-0.1, -0.05) is 18.2 Å². The standard InChI is InChI=1S/C19H28N2O3/c1-5-8-13-24-15(4)18(22)20-14-16-9-11-17(12-10-16)19(23)21(6-2)7-3/h5,9-12,15H,1,6-8,13-14H2,2-4H3,(H,20,22). The van der Waals surface area contributed by atoms with Gasteiger partial charge in [-0.15, -0.1) is 6.58 Å². The quantitative estimate of drug-likeness (QED) is 0.529. The minimum Gasteiger partial charge on any atom is -0.368 e. The molecular weight excluding hydrogens is 304 g/mol. The number of nitrogens with zero attached hydrogens (tertiary/aromatic N) is 1. The van der Waals surface area contributed by atoms with Gasteiger partial charge in [0.2, 0.25) is 5.91 Å². The van der Waals surface area contributed by atoms with Crippen molar-refractivity contribution in [1.82, 2.24) is 10.2 Å². The lowest BCUT2D eigenvalue weighted by atomic mass is 10.1. The molecule has 0 bridgehead atoms. The van der Waals surface area contributed by atoms with Crippen LogP contribution in [0.3, 0.4) is 0 Å². The molecule has 2 amide bonds. The molecular formula is C19H28N2O3. The molecule has 0 radical (unpaired) electrons. The zero-order valence-corrected chi connectivity index (χ0v) is 14.9. The van der Waals surface area contributed by atoms with Gasteiger partial charge in [-0.3, -0.25) is 9.59 Å². The molecule has 5 nitrogen and oxygen atoms in total. The zero-order chi connectivity index (χ0) is 17.9. The van der Waals surface area contributed by atoms with E-state index in [1.54, 1.807) is 30.0 Å². The summed E-state index contributed by atoms with van der Waals surface area (Å²) < 4.78 is 5.40. The summed E-state index contributed by atoms with van der Waals surface area (Å²) in [7, 11) is 0. The molecule has 1 aromatic carbocycles. The third-order valence-electron chi connectivity index (χ3n) is 3.78. The van der Waals surface area contributed by atoms with E-state index in [2.05, 4.69) is 11.9 Å². The Morgan fingerprint density at radius 3 is 2.42 bits per heavy atom. The van der Waals surface area contributed by atoms with E-state index in [-0.39, 0.29) is 11.8 Å². The summed E-state index contributed by atoms with van der Waals surface area (Å²) in [6, 6.07) is 7.32. The molecule has 24 heavy (non-hydrogen) atoms. The Balaban J connectivity index is 2.51. The fraction of sp³-hybridized carbons (Fsp3) is 0.474. The van der Waals surface area contributed by atoms with Crippen molar-refractivity contribution in [2.45, 2.75) is 39.8 Å². The predicted octanol–water partition coefficient (Wildman–Crippen LogP) is 2.77. The molecule has 1 rings (SSSR count). The third kappa shape index (κ3) is 6.16. The molecule has 1 N–H and O–H groups in total. The first-order valence-corrected chi connectivity index (χ1v) is 8.41. The molecule has 0 saturated carbocycles. The van der Waals surface area contributed by atoms with Crippen molar-refractivity contribution in [2.75, 3.05) is 19.7 Å². The summed E-state index contributed by atoms with van der Waals surface area (Å²) in [6.45, 7) is 11.5. The lowest BCUT2D eigenvalue weighted by molar-refractivity contribution is -0.131. The Morgan fingerprint density at radius 1 is 1.25 bits per heavy atom. The van der Waals surface area contributed by atoms with Crippen LogP contribution in [0.1, 0.15) is 43.1 Å². The lowest BCUT2D eigenvalue weighted by Gasteiger charge is -2.18. The number of benzene rings is 1. The Labute approximate surface area is 144 Å². The maximum absolute atomic E-state index is 12.2. The molecule has 0 aliphatic carbocycles. The Hall–Kier alpha value is -2.14. The predicted molar refractivity (Wildman–Crippen MR) is 95.8 cm³/mol. The van der Waals surface area contributed by atoms with Gasteiger partial charge in [-0.05, 0) is 44.9 Å². The molecule has 0 saturated heterocycles. The summed E-state index contributed by atoms with van der Waals surface area (Å²) in [4.78, 5) is 25.9. The highest BCUT2D eigenvalue weighted by Crippen LogP contribution is 2.08. The highest BCUT2D eigenvalue weighted by molar-refractivity contribution is 5.94. The van der Waals surface area contributed by atoms with Crippen molar-refractivity contribution in [3.8, 4) is 0 Å². The van der Waals surface area contributed by atoms with E-state index in [0.29, 0.717) is 31.8 Å². The summed E-state index contributed by atoms with van der Waals surface area (Å²) in [5.41, 5.74) is 1.60. The molecule has 1 atom stereocenters. The first-order valence-electron chi connectivity index (χ1n) is 8.41. The van der Waals surface area contributed by atoms with Crippen molar-refractivity contribution < 1.29 is 14.3 Å². The fourth-order valence-corrected chi connectivity index (χ4v) is 2.20. The first-order chi connectivity index (χ1) is 11.5. The van der Waals surface area contributed by atoms with Crippen LogP contribution < -0.4 is 5.32 Å². The molecule has 1 unspecified atom stereocenters. The Morgan fingerprint density at radius 2 is 1.88 bits per heavy atom.